The largest absolute Gasteiger partial charge is 0.316 e. The van der Waals surface area contributed by atoms with Gasteiger partial charge in [-0.25, -0.2) is 13.3 Å². The molecule has 2 aromatic heterocycles. The third-order valence-electron chi connectivity index (χ3n) is 4.74. The van der Waals surface area contributed by atoms with Crippen LogP contribution in [0.4, 0.5) is 4.39 Å². The molecule has 0 saturated heterocycles. The van der Waals surface area contributed by atoms with E-state index in [2.05, 4.69) is 10.3 Å². The lowest BCUT2D eigenvalue weighted by Crippen LogP contribution is -2.15. The number of nitrogens with one attached hydrogen (secondary N) is 1. The second-order valence-electron chi connectivity index (χ2n) is 6.67. The molecule has 0 atom stereocenters. The first-order valence-electron chi connectivity index (χ1n) is 8.84. The molecule has 1 aliphatic carbocycles. The van der Waals surface area contributed by atoms with Gasteiger partial charge in [0.15, 0.2) is 5.03 Å². The molecule has 27 heavy (non-hydrogen) atoms. The number of benzene rings is 1. The minimum absolute atomic E-state index is 0.0593. The Hall–Kier alpha value is -2.51. The van der Waals surface area contributed by atoms with E-state index in [1.54, 1.807) is 36.5 Å². The van der Waals surface area contributed by atoms with Crippen molar-refractivity contribution < 1.29 is 12.8 Å². The molecule has 3 aromatic rings. The summed E-state index contributed by atoms with van der Waals surface area (Å²) in [4.78, 5) is 4.01. The van der Waals surface area contributed by atoms with Crippen LogP contribution in [0.15, 0.2) is 59.9 Å². The Bertz CT molecular complexity index is 1070. The maximum absolute atomic E-state index is 14.7. The van der Waals surface area contributed by atoms with Gasteiger partial charge in [-0.05, 0) is 61.2 Å². The SMILES string of the molecule is CNCc1cn(S(=O)(=O)c2ccccn2)c(-c2ccccc2F)c1C1CC1. The molecule has 1 saturated carbocycles. The van der Waals surface area contributed by atoms with Crippen molar-refractivity contribution in [3.8, 4) is 11.3 Å². The van der Waals surface area contributed by atoms with Gasteiger partial charge in [-0.3, -0.25) is 0 Å². The van der Waals surface area contributed by atoms with E-state index in [0.29, 0.717) is 17.8 Å². The van der Waals surface area contributed by atoms with Crippen molar-refractivity contribution in [1.29, 1.82) is 0 Å². The molecule has 0 spiro atoms. The standard InChI is InChI=1S/C20H20FN3O2S/c1-22-12-15-13-24(27(25,26)18-8-4-5-11-23-18)20(19(15)14-9-10-14)16-6-2-3-7-17(16)21/h2-8,11,13-14,22H,9-10,12H2,1H3. The van der Waals surface area contributed by atoms with Crippen LogP contribution in [0, 0.1) is 5.82 Å². The number of rotatable bonds is 6. The van der Waals surface area contributed by atoms with Crippen molar-refractivity contribution in [2.45, 2.75) is 30.3 Å². The molecule has 4 rings (SSSR count). The van der Waals surface area contributed by atoms with Crippen LogP contribution in [-0.2, 0) is 16.6 Å². The molecule has 1 N–H and O–H groups in total. The summed E-state index contributed by atoms with van der Waals surface area (Å²) in [6.07, 6.45) is 5.00. The predicted molar refractivity (Wildman–Crippen MR) is 101 cm³/mol. The first-order chi connectivity index (χ1) is 13.0. The molecule has 0 radical (unpaired) electrons. The van der Waals surface area contributed by atoms with Crippen molar-refractivity contribution in [2.75, 3.05) is 7.05 Å². The van der Waals surface area contributed by atoms with Crippen LogP contribution in [0.2, 0.25) is 0 Å². The molecule has 140 valence electrons. The van der Waals surface area contributed by atoms with E-state index in [1.165, 1.54) is 22.3 Å². The van der Waals surface area contributed by atoms with Gasteiger partial charge in [0.1, 0.15) is 5.82 Å². The Balaban J connectivity index is 2.02. The number of nitrogens with zero attached hydrogens (tertiary/aromatic N) is 2. The normalized spacial score (nSPS) is 14.4. The third kappa shape index (κ3) is 3.17. The molecule has 7 heteroatoms. The summed E-state index contributed by atoms with van der Waals surface area (Å²) in [5.41, 5.74) is 2.49. The minimum Gasteiger partial charge on any atom is -0.316 e. The first kappa shape index (κ1) is 17.9. The van der Waals surface area contributed by atoms with Gasteiger partial charge < -0.3 is 5.32 Å². The lowest BCUT2D eigenvalue weighted by atomic mass is 10.0. The van der Waals surface area contributed by atoms with Crippen molar-refractivity contribution in [3.63, 3.8) is 0 Å². The number of halogens is 1. The van der Waals surface area contributed by atoms with Crippen LogP contribution >= 0.6 is 0 Å². The van der Waals surface area contributed by atoms with Gasteiger partial charge in [0.25, 0.3) is 10.0 Å². The van der Waals surface area contributed by atoms with Gasteiger partial charge in [0, 0.05) is 24.5 Å². The van der Waals surface area contributed by atoms with Crippen LogP contribution in [0.25, 0.3) is 11.3 Å². The quantitative estimate of drug-likeness (QED) is 0.705. The zero-order valence-corrected chi connectivity index (χ0v) is 15.7. The fourth-order valence-corrected chi connectivity index (χ4v) is 4.76. The molecule has 0 unspecified atom stereocenters. The van der Waals surface area contributed by atoms with E-state index >= 15 is 0 Å². The zero-order valence-electron chi connectivity index (χ0n) is 14.9. The number of hydrogen-bond acceptors (Lipinski definition) is 4. The second-order valence-corrected chi connectivity index (χ2v) is 8.43. The van der Waals surface area contributed by atoms with E-state index < -0.39 is 15.8 Å². The summed E-state index contributed by atoms with van der Waals surface area (Å²) in [6.45, 7) is 0.512. The molecule has 1 aliphatic rings. The smallest absolute Gasteiger partial charge is 0.285 e. The van der Waals surface area contributed by atoms with Crippen molar-refractivity contribution >= 4 is 10.0 Å². The number of aromatic nitrogens is 2. The molecular weight excluding hydrogens is 365 g/mol. The third-order valence-corrected chi connectivity index (χ3v) is 6.31. The summed E-state index contributed by atoms with van der Waals surface area (Å²) in [5.74, 6) is -0.186. The fourth-order valence-electron chi connectivity index (χ4n) is 3.41. The Labute approximate surface area is 157 Å². The predicted octanol–water partition coefficient (Wildman–Crippen LogP) is 3.52. The molecular formula is C20H20FN3O2S. The highest BCUT2D eigenvalue weighted by Crippen LogP contribution is 2.48. The van der Waals surface area contributed by atoms with Crippen molar-refractivity contribution in [1.82, 2.24) is 14.3 Å². The van der Waals surface area contributed by atoms with Gasteiger partial charge in [-0.1, -0.05) is 18.2 Å². The zero-order chi connectivity index (χ0) is 19.0. The highest BCUT2D eigenvalue weighted by molar-refractivity contribution is 7.90. The Morgan fingerprint density at radius 3 is 2.56 bits per heavy atom. The molecule has 0 amide bonds. The molecule has 1 aromatic carbocycles. The Morgan fingerprint density at radius 1 is 1.19 bits per heavy atom. The molecule has 0 aliphatic heterocycles. The second kappa shape index (κ2) is 6.90. The van der Waals surface area contributed by atoms with E-state index in [1.807, 2.05) is 7.05 Å². The lowest BCUT2D eigenvalue weighted by Gasteiger charge is -2.13. The van der Waals surface area contributed by atoms with Gasteiger partial charge in [-0.15, -0.1) is 0 Å². The van der Waals surface area contributed by atoms with Crippen molar-refractivity contribution in [2.24, 2.45) is 0 Å². The van der Waals surface area contributed by atoms with Crippen LogP contribution in [-0.4, -0.2) is 24.4 Å². The highest BCUT2D eigenvalue weighted by Gasteiger charge is 2.35. The van der Waals surface area contributed by atoms with E-state index in [4.69, 9.17) is 0 Å². The van der Waals surface area contributed by atoms with E-state index in [0.717, 1.165) is 24.0 Å². The molecule has 5 nitrogen and oxygen atoms in total. The van der Waals surface area contributed by atoms with E-state index in [9.17, 15) is 12.8 Å². The maximum atomic E-state index is 14.7. The van der Waals surface area contributed by atoms with Crippen LogP contribution in [0.1, 0.15) is 29.9 Å². The monoisotopic (exact) mass is 385 g/mol. The van der Waals surface area contributed by atoms with Gasteiger partial charge in [0.05, 0.1) is 5.69 Å². The topological polar surface area (TPSA) is 64.0 Å². The summed E-state index contributed by atoms with van der Waals surface area (Å²) >= 11 is 0. The van der Waals surface area contributed by atoms with Gasteiger partial charge in [-0.2, -0.15) is 8.42 Å². The van der Waals surface area contributed by atoms with Crippen LogP contribution in [0.5, 0.6) is 0 Å². The Kier molecular flexibility index (Phi) is 4.57. The average Bonchev–Trinajstić information content (AvgIpc) is 3.44. The van der Waals surface area contributed by atoms with Crippen LogP contribution < -0.4 is 5.32 Å². The summed E-state index contributed by atoms with van der Waals surface area (Å²) in [6, 6.07) is 11.0. The molecule has 0 bridgehead atoms. The highest BCUT2D eigenvalue weighted by atomic mass is 32.2. The first-order valence-corrected chi connectivity index (χ1v) is 10.3. The van der Waals surface area contributed by atoms with Gasteiger partial charge >= 0.3 is 0 Å². The number of pyridine rings is 1. The molecule has 1 fully saturated rings. The summed E-state index contributed by atoms with van der Waals surface area (Å²) in [5, 5.41) is 3.03. The fraction of sp³-hybridized carbons (Fsp3) is 0.250. The lowest BCUT2D eigenvalue weighted by molar-refractivity contribution is 0.583. The van der Waals surface area contributed by atoms with Crippen molar-refractivity contribution in [3.05, 3.63) is 71.8 Å². The molecule has 2 heterocycles. The maximum Gasteiger partial charge on any atom is 0.285 e. The minimum atomic E-state index is -3.95. The van der Waals surface area contributed by atoms with Crippen LogP contribution in [0.3, 0.4) is 0 Å². The Morgan fingerprint density at radius 2 is 1.93 bits per heavy atom. The van der Waals surface area contributed by atoms with E-state index in [-0.39, 0.29) is 10.9 Å². The summed E-state index contributed by atoms with van der Waals surface area (Å²) in [7, 11) is -2.14. The number of hydrogen-bond donors (Lipinski definition) is 1. The van der Waals surface area contributed by atoms with Gasteiger partial charge in [0.2, 0.25) is 0 Å². The summed E-state index contributed by atoms with van der Waals surface area (Å²) < 4.78 is 42.5. The average molecular weight is 385 g/mol.